The van der Waals surface area contributed by atoms with Crippen molar-refractivity contribution >= 4 is 8.80 Å². The molecule has 1 unspecified atom stereocenters. The summed E-state index contributed by atoms with van der Waals surface area (Å²) in [6.07, 6.45) is 6.90. The molecule has 1 N–H and O–H groups in total. The van der Waals surface area contributed by atoms with Crippen LogP contribution in [-0.2, 0) is 0 Å². The topological polar surface area (TPSA) is 20.2 Å². The van der Waals surface area contributed by atoms with Crippen molar-refractivity contribution < 1.29 is 9.50 Å². The van der Waals surface area contributed by atoms with Crippen LogP contribution >= 0.6 is 0 Å². The average Bonchev–Trinajstić information content (AvgIpc) is 2.56. The number of benzene rings is 1. The minimum absolute atomic E-state index is 0.100. The smallest absolute Gasteiger partial charge is 0.123 e. The molecule has 1 aromatic rings. The van der Waals surface area contributed by atoms with E-state index in [4.69, 9.17) is 0 Å². The van der Waals surface area contributed by atoms with Crippen LogP contribution in [0.1, 0.15) is 51.0 Å². The molecule has 1 atom stereocenters. The van der Waals surface area contributed by atoms with Crippen LogP contribution in [0, 0.1) is 23.6 Å². The lowest BCUT2D eigenvalue weighted by Gasteiger charge is -2.28. The number of hydrogen-bond donors (Lipinski definition) is 1. The zero-order valence-electron chi connectivity index (χ0n) is 14.2. The molecular formula is C20H28FOSi. The third-order valence-corrected chi connectivity index (χ3v) is 7.78. The average molecular weight is 332 g/mol. The summed E-state index contributed by atoms with van der Waals surface area (Å²) in [4.78, 5) is 0. The Kier molecular flexibility index (Phi) is 7.85. The van der Waals surface area contributed by atoms with Crippen molar-refractivity contribution in [2.75, 3.05) is 0 Å². The Morgan fingerprint density at radius 1 is 1.22 bits per heavy atom. The normalized spacial score (nSPS) is 17.5. The van der Waals surface area contributed by atoms with E-state index in [1.807, 2.05) is 0 Å². The van der Waals surface area contributed by atoms with Gasteiger partial charge in [0, 0.05) is 14.4 Å². The highest BCUT2D eigenvalue weighted by atomic mass is 28.3. The van der Waals surface area contributed by atoms with Crippen LogP contribution in [0.2, 0.25) is 18.1 Å². The summed E-state index contributed by atoms with van der Waals surface area (Å²) in [5.74, 6) is 6.23. The van der Waals surface area contributed by atoms with Crippen molar-refractivity contribution in [1.29, 1.82) is 0 Å². The molecule has 1 saturated heterocycles. The van der Waals surface area contributed by atoms with Gasteiger partial charge in [-0.25, -0.2) is 4.39 Å². The van der Waals surface area contributed by atoms with Crippen LogP contribution in [0.15, 0.2) is 24.3 Å². The maximum Gasteiger partial charge on any atom is 0.123 e. The van der Waals surface area contributed by atoms with Crippen molar-refractivity contribution in [1.82, 2.24) is 0 Å². The van der Waals surface area contributed by atoms with Crippen LogP contribution in [0.3, 0.4) is 0 Å². The predicted molar refractivity (Wildman–Crippen MR) is 96.3 cm³/mol. The molecule has 1 aromatic carbocycles. The lowest BCUT2D eigenvalue weighted by atomic mass is 9.95. The van der Waals surface area contributed by atoms with E-state index in [1.54, 1.807) is 12.1 Å². The fraction of sp³-hybridized carbons (Fsp3) is 0.600. The second-order valence-electron chi connectivity index (χ2n) is 6.68. The molecule has 1 nitrogen and oxygen atoms in total. The van der Waals surface area contributed by atoms with E-state index in [0.717, 1.165) is 12.0 Å². The summed E-state index contributed by atoms with van der Waals surface area (Å²) >= 11 is 0. The first-order valence-corrected chi connectivity index (χ1v) is 11.1. The minimum atomic E-state index is -0.557. The lowest BCUT2D eigenvalue weighted by molar-refractivity contribution is 0.190. The highest BCUT2D eigenvalue weighted by molar-refractivity contribution is 6.58. The lowest BCUT2D eigenvalue weighted by Crippen LogP contribution is -2.23. The van der Waals surface area contributed by atoms with Crippen LogP contribution in [0.25, 0.3) is 0 Å². The first-order valence-electron chi connectivity index (χ1n) is 8.96. The van der Waals surface area contributed by atoms with Gasteiger partial charge < -0.3 is 5.11 Å². The third-order valence-electron chi connectivity index (χ3n) is 4.73. The SMILES string of the molecule is CCCCC[Si]1CCC(CC(O)C#Cc2ccc(F)cc2)CC1. The molecule has 1 radical (unpaired) electrons. The predicted octanol–water partition coefficient (Wildman–Crippen LogP) is 5.02. The second kappa shape index (κ2) is 9.90. The van der Waals surface area contributed by atoms with Crippen LogP contribution in [-0.4, -0.2) is 20.0 Å². The summed E-state index contributed by atoms with van der Waals surface area (Å²) in [5, 5.41) is 10.1. The molecular weight excluding hydrogens is 303 g/mol. The molecule has 23 heavy (non-hydrogen) atoms. The van der Waals surface area contributed by atoms with Crippen molar-refractivity contribution in [2.45, 2.75) is 69.7 Å². The van der Waals surface area contributed by atoms with Gasteiger partial charge in [-0.2, -0.15) is 0 Å². The van der Waals surface area contributed by atoms with Crippen molar-refractivity contribution in [3.05, 3.63) is 35.6 Å². The van der Waals surface area contributed by atoms with Gasteiger partial charge in [0.25, 0.3) is 0 Å². The summed E-state index contributed by atoms with van der Waals surface area (Å²) < 4.78 is 12.8. The molecule has 1 aliphatic rings. The molecule has 1 fully saturated rings. The monoisotopic (exact) mass is 331 g/mol. The Bertz CT molecular complexity index is 509. The molecule has 0 amide bonds. The number of halogens is 1. The molecule has 0 aromatic heterocycles. The summed E-state index contributed by atoms with van der Waals surface area (Å²) in [5.41, 5.74) is 0.760. The highest BCUT2D eigenvalue weighted by Crippen LogP contribution is 2.30. The van der Waals surface area contributed by atoms with E-state index in [9.17, 15) is 9.50 Å². The van der Waals surface area contributed by atoms with Gasteiger partial charge in [-0.3, -0.25) is 0 Å². The minimum Gasteiger partial charge on any atom is -0.380 e. The van der Waals surface area contributed by atoms with Gasteiger partial charge in [-0.1, -0.05) is 69.0 Å². The van der Waals surface area contributed by atoms with Gasteiger partial charge in [-0.05, 0) is 36.6 Å². The van der Waals surface area contributed by atoms with Crippen molar-refractivity contribution in [2.24, 2.45) is 5.92 Å². The van der Waals surface area contributed by atoms with Gasteiger partial charge in [0.2, 0.25) is 0 Å². The third kappa shape index (κ3) is 6.89. The molecule has 0 aliphatic carbocycles. The molecule has 1 aliphatic heterocycles. The van der Waals surface area contributed by atoms with Crippen LogP contribution < -0.4 is 0 Å². The summed E-state index contributed by atoms with van der Waals surface area (Å²) in [6.45, 7) is 2.27. The summed E-state index contributed by atoms with van der Waals surface area (Å²) in [7, 11) is -0.100. The highest BCUT2D eigenvalue weighted by Gasteiger charge is 2.23. The van der Waals surface area contributed by atoms with Gasteiger partial charge in [0.1, 0.15) is 11.9 Å². The van der Waals surface area contributed by atoms with Gasteiger partial charge in [-0.15, -0.1) is 0 Å². The largest absolute Gasteiger partial charge is 0.380 e. The molecule has 3 heteroatoms. The van der Waals surface area contributed by atoms with Gasteiger partial charge >= 0.3 is 0 Å². The number of rotatable bonds is 6. The fourth-order valence-corrected chi connectivity index (χ4v) is 6.40. The number of hydrogen-bond acceptors (Lipinski definition) is 1. The number of aliphatic hydroxyl groups is 1. The van der Waals surface area contributed by atoms with E-state index in [1.165, 1.54) is 62.4 Å². The molecule has 125 valence electrons. The standard InChI is InChI=1S/C20H28FOSi/c1-2-3-4-13-23-14-11-18(12-15-23)16-20(22)10-7-17-5-8-19(21)9-6-17/h5-6,8-9,18,20,22H,2-4,11-16H2,1H3. The Morgan fingerprint density at radius 3 is 2.57 bits per heavy atom. The van der Waals surface area contributed by atoms with Gasteiger partial charge in [0.05, 0.1) is 0 Å². The fourth-order valence-electron chi connectivity index (χ4n) is 3.27. The quantitative estimate of drug-likeness (QED) is 0.441. The molecule has 0 bridgehead atoms. The summed E-state index contributed by atoms with van der Waals surface area (Å²) in [6, 6.07) is 10.4. The van der Waals surface area contributed by atoms with Crippen LogP contribution in [0.5, 0.6) is 0 Å². The Balaban J connectivity index is 1.70. The maximum absolute atomic E-state index is 12.8. The van der Waals surface area contributed by atoms with Crippen molar-refractivity contribution in [3.63, 3.8) is 0 Å². The van der Waals surface area contributed by atoms with E-state index in [0.29, 0.717) is 5.92 Å². The van der Waals surface area contributed by atoms with Crippen molar-refractivity contribution in [3.8, 4) is 11.8 Å². The molecule has 1 heterocycles. The Labute approximate surface area is 141 Å². The van der Waals surface area contributed by atoms with Gasteiger partial charge in [0.15, 0.2) is 0 Å². The van der Waals surface area contributed by atoms with E-state index in [2.05, 4.69) is 18.8 Å². The number of unbranched alkanes of at least 4 members (excludes halogenated alkanes) is 2. The van der Waals surface area contributed by atoms with E-state index < -0.39 is 6.10 Å². The Hall–Kier alpha value is -1.11. The zero-order valence-corrected chi connectivity index (χ0v) is 15.2. The zero-order chi connectivity index (χ0) is 16.5. The molecule has 0 saturated carbocycles. The Morgan fingerprint density at radius 2 is 1.91 bits per heavy atom. The van der Waals surface area contributed by atoms with E-state index in [-0.39, 0.29) is 14.6 Å². The first kappa shape index (κ1) is 18.2. The molecule has 0 spiro atoms. The molecule has 2 rings (SSSR count). The maximum atomic E-state index is 12.8. The number of aliphatic hydroxyl groups excluding tert-OH is 1. The van der Waals surface area contributed by atoms with E-state index >= 15 is 0 Å². The first-order chi connectivity index (χ1) is 11.2. The van der Waals surface area contributed by atoms with Crippen LogP contribution in [0.4, 0.5) is 4.39 Å². The second-order valence-corrected chi connectivity index (χ2v) is 9.68.